The lowest BCUT2D eigenvalue weighted by molar-refractivity contribution is -0.114. The number of hydrogen-bond donors (Lipinski definition) is 0. The Hall–Kier alpha value is -1.86. The van der Waals surface area contributed by atoms with Crippen LogP contribution in [0, 0.1) is 11.6 Å². The van der Waals surface area contributed by atoms with Gasteiger partial charge in [0.1, 0.15) is 11.6 Å². The molecule has 21 heavy (non-hydrogen) atoms. The first-order valence-corrected chi connectivity index (χ1v) is 6.48. The van der Waals surface area contributed by atoms with E-state index in [1.807, 2.05) is 0 Å². The molecule has 5 nitrogen and oxygen atoms in total. The molecule has 0 bridgehead atoms. The Morgan fingerprint density at radius 2 is 1.90 bits per heavy atom. The minimum absolute atomic E-state index is 0.0389. The molecule has 0 radical (unpaired) electrons. The number of Topliss-reactive ketones (excluding diaryl/α,β-unsaturated/α-hetero) is 1. The third kappa shape index (κ3) is 3.25. The van der Waals surface area contributed by atoms with Crippen LogP contribution in [0.4, 0.5) is 14.5 Å². The Morgan fingerprint density at radius 1 is 1.14 bits per heavy atom. The SMILES string of the molecule is COCCCOCCN1C(=O)C(=O)c2c(F)cc(F)cc21. The van der Waals surface area contributed by atoms with E-state index < -0.39 is 23.3 Å². The Morgan fingerprint density at radius 3 is 2.62 bits per heavy atom. The van der Waals surface area contributed by atoms with Gasteiger partial charge < -0.3 is 14.4 Å². The molecule has 7 heteroatoms. The number of nitrogens with zero attached hydrogens (tertiary/aromatic N) is 1. The maximum Gasteiger partial charge on any atom is 0.299 e. The van der Waals surface area contributed by atoms with Crippen LogP contribution >= 0.6 is 0 Å². The number of rotatable bonds is 7. The molecule has 0 saturated carbocycles. The fourth-order valence-corrected chi connectivity index (χ4v) is 2.12. The van der Waals surface area contributed by atoms with Gasteiger partial charge in [0, 0.05) is 32.9 Å². The highest BCUT2D eigenvalue weighted by Crippen LogP contribution is 2.31. The van der Waals surface area contributed by atoms with Crippen molar-refractivity contribution in [1.29, 1.82) is 0 Å². The van der Waals surface area contributed by atoms with Crippen molar-refractivity contribution < 1.29 is 27.8 Å². The largest absolute Gasteiger partial charge is 0.385 e. The molecule has 0 N–H and O–H groups in total. The van der Waals surface area contributed by atoms with Crippen LogP contribution < -0.4 is 4.90 Å². The van der Waals surface area contributed by atoms with Crippen LogP contribution in [-0.2, 0) is 14.3 Å². The van der Waals surface area contributed by atoms with E-state index in [2.05, 4.69) is 0 Å². The summed E-state index contributed by atoms with van der Waals surface area (Å²) < 4.78 is 37.0. The zero-order valence-electron chi connectivity index (χ0n) is 11.5. The summed E-state index contributed by atoms with van der Waals surface area (Å²) in [6.45, 7) is 1.22. The predicted octanol–water partition coefficient (Wildman–Crippen LogP) is 1.55. The summed E-state index contributed by atoms with van der Waals surface area (Å²) in [4.78, 5) is 24.5. The molecule has 0 atom stereocenters. The van der Waals surface area contributed by atoms with Gasteiger partial charge in [-0.3, -0.25) is 9.59 Å². The molecule has 1 amide bonds. The smallest absolute Gasteiger partial charge is 0.299 e. The summed E-state index contributed by atoms with van der Waals surface area (Å²) in [5.74, 6) is -3.68. The first-order valence-electron chi connectivity index (χ1n) is 6.48. The summed E-state index contributed by atoms with van der Waals surface area (Å²) in [5.41, 5.74) is -0.413. The number of ether oxygens (including phenoxy) is 2. The average molecular weight is 299 g/mol. The number of carbonyl (C=O) groups excluding carboxylic acids is 2. The molecule has 1 aliphatic rings. The maximum absolute atomic E-state index is 13.6. The Labute approximate surface area is 120 Å². The monoisotopic (exact) mass is 299 g/mol. The number of fused-ring (bicyclic) bond motifs is 1. The lowest BCUT2D eigenvalue weighted by atomic mass is 10.1. The van der Waals surface area contributed by atoms with E-state index in [-0.39, 0.29) is 24.4 Å². The fourth-order valence-electron chi connectivity index (χ4n) is 2.12. The molecule has 2 rings (SSSR count). The first-order chi connectivity index (χ1) is 10.1. The molecule has 1 aromatic rings. The van der Waals surface area contributed by atoms with Crippen LogP contribution in [0.15, 0.2) is 12.1 Å². The normalized spacial score (nSPS) is 14.0. The highest BCUT2D eigenvalue weighted by molar-refractivity contribution is 6.52. The van der Waals surface area contributed by atoms with Gasteiger partial charge in [0.05, 0.1) is 17.9 Å². The van der Waals surface area contributed by atoms with Crippen LogP contribution in [0.3, 0.4) is 0 Å². The van der Waals surface area contributed by atoms with Crippen molar-refractivity contribution in [1.82, 2.24) is 0 Å². The van der Waals surface area contributed by atoms with Gasteiger partial charge in [-0.25, -0.2) is 8.78 Å². The molecule has 1 heterocycles. The number of methoxy groups -OCH3 is 1. The number of anilines is 1. The first kappa shape index (κ1) is 15.5. The quantitative estimate of drug-likeness (QED) is 0.566. The number of halogens is 2. The number of benzene rings is 1. The molecule has 1 aliphatic heterocycles. The molecule has 0 aliphatic carbocycles. The van der Waals surface area contributed by atoms with Crippen LogP contribution in [0.5, 0.6) is 0 Å². The van der Waals surface area contributed by atoms with Crippen molar-refractivity contribution in [3.8, 4) is 0 Å². The minimum atomic E-state index is -1.02. The van der Waals surface area contributed by atoms with Crippen molar-refractivity contribution >= 4 is 17.4 Å². The lowest BCUT2D eigenvalue weighted by Gasteiger charge is -2.16. The van der Waals surface area contributed by atoms with Gasteiger partial charge in [-0.05, 0) is 12.5 Å². The summed E-state index contributed by atoms with van der Waals surface area (Å²) in [6, 6.07) is 1.57. The van der Waals surface area contributed by atoms with Gasteiger partial charge >= 0.3 is 0 Å². The molecule has 0 spiro atoms. The molecule has 0 aromatic heterocycles. The zero-order chi connectivity index (χ0) is 15.4. The lowest BCUT2D eigenvalue weighted by Crippen LogP contribution is -2.33. The predicted molar refractivity (Wildman–Crippen MR) is 70.4 cm³/mol. The third-order valence-electron chi connectivity index (χ3n) is 3.09. The van der Waals surface area contributed by atoms with E-state index in [9.17, 15) is 18.4 Å². The molecular formula is C14H15F2NO4. The standard InChI is InChI=1S/C14H15F2NO4/c1-20-4-2-5-21-6-3-17-11-8-9(15)7-10(16)12(11)13(18)14(17)19/h7-8H,2-6H2,1H3. The van der Waals surface area contributed by atoms with Crippen LogP contribution in [0.1, 0.15) is 16.8 Å². The Kier molecular flexibility index (Phi) is 4.98. The Bertz CT molecular complexity index is 562. The van der Waals surface area contributed by atoms with Gasteiger partial charge in [0.15, 0.2) is 0 Å². The second-order valence-corrected chi connectivity index (χ2v) is 4.53. The number of hydrogen-bond acceptors (Lipinski definition) is 4. The second-order valence-electron chi connectivity index (χ2n) is 4.53. The Balaban J connectivity index is 2.02. The van der Waals surface area contributed by atoms with Gasteiger partial charge in [0.25, 0.3) is 11.7 Å². The molecule has 114 valence electrons. The molecule has 0 unspecified atom stereocenters. The second kappa shape index (κ2) is 6.73. The van der Waals surface area contributed by atoms with Crippen LogP contribution in [-0.4, -0.2) is 45.2 Å². The van der Waals surface area contributed by atoms with Crippen molar-refractivity contribution in [2.75, 3.05) is 38.4 Å². The maximum atomic E-state index is 13.6. The van der Waals surface area contributed by atoms with Crippen molar-refractivity contribution in [2.45, 2.75) is 6.42 Å². The topological polar surface area (TPSA) is 55.8 Å². The van der Waals surface area contributed by atoms with Crippen LogP contribution in [0.25, 0.3) is 0 Å². The molecule has 0 saturated heterocycles. The average Bonchev–Trinajstić information content (AvgIpc) is 2.67. The molecular weight excluding hydrogens is 284 g/mol. The van der Waals surface area contributed by atoms with Gasteiger partial charge in [-0.1, -0.05) is 0 Å². The van der Waals surface area contributed by atoms with E-state index in [0.717, 1.165) is 11.0 Å². The van der Waals surface area contributed by atoms with E-state index in [4.69, 9.17) is 9.47 Å². The number of amides is 1. The molecule has 0 fully saturated rings. The van der Waals surface area contributed by atoms with E-state index in [1.54, 1.807) is 7.11 Å². The number of ketones is 1. The summed E-state index contributed by atoms with van der Waals surface area (Å²) >= 11 is 0. The van der Waals surface area contributed by atoms with E-state index >= 15 is 0 Å². The zero-order valence-corrected chi connectivity index (χ0v) is 11.5. The fraction of sp³-hybridized carbons (Fsp3) is 0.429. The van der Waals surface area contributed by atoms with E-state index in [0.29, 0.717) is 25.7 Å². The summed E-state index contributed by atoms with van der Waals surface area (Å²) in [5, 5.41) is 0. The van der Waals surface area contributed by atoms with Crippen LogP contribution in [0.2, 0.25) is 0 Å². The van der Waals surface area contributed by atoms with Crippen molar-refractivity contribution in [3.05, 3.63) is 29.3 Å². The van der Waals surface area contributed by atoms with Crippen molar-refractivity contribution in [3.63, 3.8) is 0 Å². The highest BCUT2D eigenvalue weighted by Gasteiger charge is 2.38. The molecule has 1 aromatic carbocycles. The van der Waals surface area contributed by atoms with E-state index in [1.165, 1.54) is 0 Å². The van der Waals surface area contributed by atoms with Gasteiger partial charge in [0.2, 0.25) is 0 Å². The third-order valence-corrected chi connectivity index (χ3v) is 3.09. The van der Waals surface area contributed by atoms with Gasteiger partial charge in [-0.15, -0.1) is 0 Å². The van der Waals surface area contributed by atoms with Gasteiger partial charge in [-0.2, -0.15) is 0 Å². The summed E-state index contributed by atoms with van der Waals surface area (Å²) in [6.07, 6.45) is 0.698. The minimum Gasteiger partial charge on any atom is -0.385 e. The number of carbonyl (C=O) groups is 2. The van der Waals surface area contributed by atoms with Crippen molar-refractivity contribution in [2.24, 2.45) is 0 Å². The summed E-state index contributed by atoms with van der Waals surface area (Å²) in [7, 11) is 1.58. The highest BCUT2D eigenvalue weighted by atomic mass is 19.1.